The number of guanidine groups is 1. The van der Waals surface area contributed by atoms with Gasteiger partial charge in [0.15, 0.2) is 5.96 Å². The van der Waals surface area contributed by atoms with Crippen LogP contribution in [0.2, 0.25) is 0 Å². The van der Waals surface area contributed by atoms with Gasteiger partial charge in [-0.15, -0.1) is 0 Å². The summed E-state index contributed by atoms with van der Waals surface area (Å²) in [6, 6.07) is 0. The topological polar surface area (TPSA) is 88.2 Å². The summed E-state index contributed by atoms with van der Waals surface area (Å²) in [5.74, 6) is 1.07. The molecule has 2 saturated heterocycles. The van der Waals surface area contributed by atoms with Gasteiger partial charge in [0.25, 0.3) is 0 Å². The van der Waals surface area contributed by atoms with Crippen LogP contribution in [0.1, 0.15) is 33.6 Å². The minimum Gasteiger partial charge on any atom is -0.373 e. The van der Waals surface area contributed by atoms with E-state index in [2.05, 4.69) is 16.8 Å². The minimum atomic E-state index is -3.31. The van der Waals surface area contributed by atoms with Crippen molar-refractivity contribution in [2.45, 2.75) is 45.8 Å². The van der Waals surface area contributed by atoms with Crippen LogP contribution < -0.4 is 5.73 Å². The number of piperidine rings is 1. The van der Waals surface area contributed by atoms with Crippen LogP contribution in [0.5, 0.6) is 0 Å². The number of nitrogens with zero attached hydrogens (tertiary/aromatic N) is 3. The molecule has 0 amide bonds. The van der Waals surface area contributed by atoms with Gasteiger partial charge in [0.2, 0.25) is 10.0 Å². The molecule has 2 fully saturated rings. The van der Waals surface area contributed by atoms with E-state index in [9.17, 15) is 8.42 Å². The highest BCUT2D eigenvalue weighted by atomic mass is 32.2. The lowest BCUT2D eigenvalue weighted by atomic mass is 10.0. The van der Waals surface area contributed by atoms with Crippen molar-refractivity contribution < 1.29 is 13.2 Å². The Morgan fingerprint density at radius 3 is 2.48 bits per heavy atom. The molecule has 2 N–H and O–H groups in total. The fraction of sp³-hybridized carbons (Fsp3) is 0.933. The van der Waals surface area contributed by atoms with Gasteiger partial charge in [-0.05, 0) is 32.6 Å². The number of nitrogens with two attached hydrogens (primary N) is 1. The molecule has 0 radical (unpaired) electrons. The molecule has 2 heterocycles. The maximum Gasteiger partial charge on any atom is 0.216 e. The van der Waals surface area contributed by atoms with Crippen molar-refractivity contribution in [1.82, 2.24) is 9.21 Å². The summed E-state index contributed by atoms with van der Waals surface area (Å²) in [5.41, 5.74) is 6.01. The Morgan fingerprint density at radius 2 is 1.87 bits per heavy atom. The van der Waals surface area contributed by atoms with Gasteiger partial charge < -0.3 is 15.4 Å². The van der Waals surface area contributed by atoms with Crippen LogP contribution in [0.25, 0.3) is 0 Å². The van der Waals surface area contributed by atoms with Gasteiger partial charge in [0.05, 0.1) is 24.5 Å². The summed E-state index contributed by atoms with van der Waals surface area (Å²) in [6.07, 6.45) is 2.18. The first-order valence-corrected chi connectivity index (χ1v) is 10.1. The maximum atomic E-state index is 12.4. The van der Waals surface area contributed by atoms with Gasteiger partial charge in [0, 0.05) is 26.2 Å². The predicted octanol–water partition coefficient (Wildman–Crippen LogP) is 0.472. The van der Waals surface area contributed by atoms with Crippen molar-refractivity contribution in [2.75, 3.05) is 38.5 Å². The van der Waals surface area contributed by atoms with Crippen molar-refractivity contribution in [1.29, 1.82) is 0 Å². The lowest BCUT2D eigenvalue weighted by Crippen LogP contribution is -2.49. The molecule has 2 rings (SSSR count). The third-order valence-corrected chi connectivity index (χ3v) is 6.17. The zero-order chi connectivity index (χ0) is 17.0. The molecule has 0 spiro atoms. The zero-order valence-electron chi connectivity index (χ0n) is 14.4. The van der Waals surface area contributed by atoms with Crippen molar-refractivity contribution in [3.8, 4) is 0 Å². The van der Waals surface area contributed by atoms with E-state index < -0.39 is 10.0 Å². The van der Waals surface area contributed by atoms with E-state index in [-0.39, 0.29) is 24.5 Å². The van der Waals surface area contributed by atoms with Crippen LogP contribution in [0, 0.1) is 5.92 Å². The summed E-state index contributed by atoms with van der Waals surface area (Å²) in [7, 11) is -3.31. The van der Waals surface area contributed by atoms with E-state index in [0.29, 0.717) is 25.0 Å². The van der Waals surface area contributed by atoms with Gasteiger partial charge in [-0.2, -0.15) is 4.31 Å². The summed E-state index contributed by atoms with van der Waals surface area (Å²) in [4.78, 5) is 6.34. The first-order chi connectivity index (χ1) is 10.8. The van der Waals surface area contributed by atoms with Crippen molar-refractivity contribution in [2.24, 2.45) is 16.6 Å². The summed E-state index contributed by atoms with van der Waals surface area (Å²) in [5, 5.41) is 0. The summed E-state index contributed by atoms with van der Waals surface area (Å²) < 4.78 is 32.0. The lowest BCUT2D eigenvalue weighted by molar-refractivity contribution is -0.0440. The molecule has 8 heteroatoms. The molecule has 134 valence electrons. The zero-order valence-corrected chi connectivity index (χ0v) is 15.3. The first kappa shape index (κ1) is 18.5. The second-order valence-corrected chi connectivity index (χ2v) is 8.91. The molecule has 0 aromatic carbocycles. The Labute approximate surface area is 139 Å². The minimum absolute atomic E-state index is 0.00344. The lowest BCUT2D eigenvalue weighted by Gasteiger charge is -2.34. The van der Waals surface area contributed by atoms with E-state index in [4.69, 9.17) is 10.5 Å². The average Bonchev–Trinajstić information content (AvgIpc) is 2.46. The van der Waals surface area contributed by atoms with E-state index >= 15 is 0 Å². The molecule has 0 aliphatic carbocycles. The number of sulfonamides is 1. The molecule has 3 unspecified atom stereocenters. The predicted molar refractivity (Wildman–Crippen MR) is 91.8 cm³/mol. The molecule has 7 nitrogen and oxygen atoms in total. The average molecular weight is 346 g/mol. The third kappa shape index (κ3) is 5.32. The molecule has 23 heavy (non-hydrogen) atoms. The molecule has 3 atom stereocenters. The van der Waals surface area contributed by atoms with E-state index in [1.165, 1.54) is 10.7 Å². The smallest absolute Gasteiger partial charge is 0.216 e. The molecule has 0 aromatic rings. The van der Waals surface area contributed by atoms with Crippen LogP contribution >= 0.6 is 0 Å². The maximum absolute atomic E-state index is 12.4. The van der Waals surface area contributed by atoms with Crippen molar-refractivity contribution in [3.63, 3.8) is 0 Å². The van der Waals surface area contributed by atoms with Gasteiger partial charge in [0.1, 0.15) is 0 Å². The fourth-order valence-corrected chi connectivity index (χ4v) is 4.71. The molecular weight excluding hydrogens is 316 g/mol. The second kappa shape index (κ2) is 7.81. The SMILES string of the molecule is CC1CCCN(C(N)=NCCS(=O)(=O)N2CC(C)OC(C)C2)C1. The number of aliphatic imine (C=N–C) groups is 1. The molecule has 0 saturated carbocycles. The summed E-state index contributed by atoms with van der Waals surface area (Å²) in [6.45, 7) is 8.83. The van der Waals surface area contributed by atoms with Gasteiger partial charge >= 0.3 is 0 Å². The quantitative estimate of drug-likeness (QED) is 0.590. The normalized spacial score (nSPS) is 31.3. The number of morpholine rings is 1. The fourth-order valence-electron chi connectivity index (χ4n) is 3.26. The van der Waals surface area contributed by atoms with Gasteiger partial charge in [-0.1, -0.05) is 6.92 Å². The second-order valence-electron chi connectivity index (χ2n) is 6.82. The molecule has 2 aliphatic rings. The molecule has 2 aliphatic heterocycles. The highest BCUT2D eigenvalue weighted by Crippen LogP contribution is 2.16. The van der Waals surface area contributed by atoms with Crippen LogP contribution in [0.3, 0.4) is 0 Å². The van der Waals surface area contributed by atoms with E-state index in [0.717, 1.165) is 19.5 Å². The Morgan fingerprint density at radius 1 is 1.22 bits per heavy atom. The van der Waals surface area contributed by atoms with Gasteiger partial charge in [-0.3, -0.25) is 4.99 Å². The third-order valence-electron chi connectivity index (χ3n) is 4.38. The van der Waals surface area contributed by atoms with Crippen LogP contribution in [0.4, 0.5) is 0 Å². The number of rotatable bonds is 4. The largest absolute Gasteiger partial charge is 0.373 e. The Kier molecular flexibility index (Phi) is 6.27. The van der Waals surface area contributed by atoms with Crippen molar-refractivity contribution in [3.05, 3.63) is 0 Å². The first-order valence-electron chi connectivity index (χ1n) is 8.46. The van der Waals surface area contributed by atoms with Crippen LogP contribution in [-0.4, -0.2) is 74.3 Å². The van der Waals surface area contributed by atoms with Crippen molar-refractivity contribution >= 4 is 16.0 Å². The standard InChI is InChI=1S/C15H30N4O3S/c1-12-5-4-7-18(9-12)15(16)17-6-8-23(20,21)19-10-13(2)22-14(3)11-19/h12-14H,4-11H2,1-3H3,(H2,16,17). The Bertz CT molecular complexity index is 513. The summed E-state index contributed by atoms with van der Waals surface area (Å²) >= 11 is 0. The molecular formula is C15H30N4O3S. The number of likely N-dealkylation sites (tertiary alicyclic amines) is 1. The van der Waals surface area contributed by atoms with Gasteiger partial charge in [-0.25, -0.2) is 8.42 Å². The molecule has 0 bridgehead atoms. The van der Waals surface area contributed by atoms with E-state index in [1.807, 2.05) is 13.8 Å². The highest BCUT2D eigenvalue weighted by Gasteiger charge is 2.30. The van der Waals surface area contributed by atoms with Crippen LogP contribution in [0.15, 0.2) is 4.99 Å². The monoisotopic (exact) mass is 346 g/mol. The molecule has 0 aromatic heterocycles. The Balaban J connectivity index is 1.87. The number of hydrogen-bond donors (Lipinski definition) is 1. The van der Waals surface area contributed by atoms with Crippen LogP contribution in [-0.2, 0) is 14.8 Å². The number of ether oxygens (including phenoxy) is 1. The Hall–Kier alpha value is -0.860. The number of hydrogen-bond acceptors (Lipinski definition) is 4. The van der Waals surface area contributed by atoms with E-state index in [1.54, 1.807) is 0 Å². The highest BCUT2D eigenvalue weighted by molar-refractivity contribution is 7.89.